The zero-order valence-corrected chi connectivity index (χ0v) is 11.6. The molecular weight excluding hydrogens is 210 g/mol. The molecule has 0 aromatic rings. The second-order valence-electron chi connectivity index (χ2n) is 5.90. The van der Waals surface area contributed by atoms with Crippen LogP contribution in [0.5, 0.6) is 0 Å². The van der Waals surface area contributed by atoms with Crippen LogP contribution in [0, 0.1) is 17.8 Å². The maximum absolute atomic E-state index is 5.58. The highest BCUT2D eigenvalue weighted by atomic mass is 16.5. The van der Waals surface area contributed by atoms with Crippen LogP contribution in [0.3, 0.4) is 0 Å². The molecule has 1 heterocycles. The molecule has 100 valence electrons. The number of hydrogen-bond acceptors (Lipinski definition) is 2. The minimum absolute atomic E-state index is 0.723. The molecule has 2 heteroatoms. The van der Waals surface area contributed by atoms with Gasteiger partial charge in [0.1, 0.15) is 0 Å². The number of hydrogen-bond donors (Lipinski definition) is 1. The van der Waals surface area contributed by atoms with E-state index in [2.05, 4.69) is 19.2 Å². The van der Waals surface area contributed by atoms with E-state index in [0.717, 1.165) is 43.6 Å². The van der Waals surface area contributed by atoms with Gasteiger partial charge < -0.3 is 10.1 Å². The van der Waals surface area contributed by atoms with Gasteiger partial charge in [0.25, 0.3) is 0 Å². The molecule has 0 radical (unpaired) electrons. The molecular formula is C15H29NO. The molecule has 2 nitrogen and oxygen atoms in total. The molecule has 1 N–H and O–H groups in total. The van der Waals surface area contributed by atoms with Crippen LogP contribution in [-0.2, 0) is 4.74 Å². The van der Waals surface area contributed by atoms with Gasteiger partial charge in [0.2, 0.25) is 0 Å². The van der Waals surface area contributed by atoms with Crippen LogP contribution in [0.25, 0.3) is 0 Å². The van der Waals surface area contributed by atoms with Gasteiger partial charge in [-0.1, -0.05) is 33.1 Å². The molecule has 1 saturated heterocycles. The molecule has 0 amide bonds. The molecule has 1 aliphatic carbocycles. The van der Waals surface area contributed by atoms with Gasteiger partial charge in [0.05, 0.1) is 6.61 Å². The van der Waals surface area contributed by atoms with Crippen molar-refractivity contribution < 1.29 is 4.74 Å². The molecule has 17 heavy (non-hydrogen) atoms. The second-order valence-corrected chi connectivity index (χ2v) is 5.90. The van der Waals surface area contributed by atoms with E-state index in [1.54, 1.807) is 0 Å². The summed E-state index contributed by atoms with van der Waals surface area (Å²) in [6, 6.07) is 0.723. The molecule has 0 spiro atoms. The first kappa shape index (κ1) is 13.4. The largest absolute Gasteiger partial charge is 0.381 e. The SMILES string of the molecule is CCNC(C1CCC(CC)CC1)C1CCOC1. The monoisotopic (exact) mass is 239 g/mol. The van der Waals surface area contributed by atoms with Crippen molar-refractivity contribution >= 4 is 0 Å². The second kappa shape index (κ2) is 6.75. The summed E-state index contributed by atoms with van der Waals surface area (Å²) >= 11 is 0. The summed E-state index contributed by atoms with van der Waals surface area (Å²) < 4.78 is 5.58. The fraction of sp³-hybridized carbons (Fsp3) is 1.00. The Kier molecular flexibility index (Phi) is 5.30. The van der Waals surface area contributed by atoms with E-state index in [4.69, 9.17) is 4.74 Å². The molecule has 1 aliphatic heterocycles. The van der Waals surface area contributed by atoms with Crippen LogP contribution in [-0.4, -0.2) is 25.8 Å². The minimum atomic E-state index is 0.723. The lowest BCUT2D eigenvalue weighted by molar-refractivity contribution is 0.144. The summed E-state index contributed by atoms with van der Waals surface area (Å²) in [7, 11) is 0. The van der Waals surface area contributed by atoms with Crippen molar-refractivity contribution in [3.63, 3.8) is 0 Å². The summed E-state index contributed by atoms with van der Waals surface area (Å²) in [6.07, 6.45) is 8.43. The topological polar surface area (TPSA) is 21.3 Å². The van der Waals surface area contributed by atoms with Gasteiger partial charge in [-0.05, 0) is 37.6 Å². The average Bonchev–Trinajstić information content (AvgIpc) is 2.90. The first-order chi connectivity index (χ1) is 8.35. The minimum Gasteiger partial charge on any atom is -0.381 e. The number of nitrogens with one attached hydrogen (secondary N) is 1. The van der Waals surface area contributed by atoms with Gasteiger partial charge in [-0.3, -0.25) is 0 Å². The van der Waals surface area contributed by atoms with Crippen molar-refractivity contribution in [1.82, 2.24) is 5.32 Å². The summed E-state index contributed by atoms with van der Waals surface area (Å²) in [4.78, 5) is 0. The molecule has 0 aromatic carbocycles. The lowest BCUT2D eigenvalue weighted by Crippen LogP contribution is -2.44. The predicted molar refractivity (Wildman–Crippen MR) is 72.1 cm³/mol. The maximum atomic E-state index is 5.58. The number of rotatable bonds is 5. The molecule has 2 rings (SSSR count). The van der Waals surface area contributed by atoms with E-state index in [9.17, 15) is 0 Å². The van der Waals surface area contributed by atoms with E-state index in [1.807, 2.05) is 0 Å². The van der Waals surface area contributed by atoms with Crippen molar-refractivity contribution in [2.24, 2.45) is 17.8 Å². The van der Waals surface area contributed by atoms with Crippen LogP contribution >= 0.6 is 0 Å². The van der Waals surface area contributed by atoms with Gasteiger partial charge in [-0.25, -0.2) is 0 Å². The molecule has 0 bridgehead atoms. The van der Waals surface area contributed by atoms with Crippen molar-refractivity contribution in [3.8, 4) is 0 Å². The average molecular weight is 239 g/mol. The van der Waals surface area contributed by atoms with Crippen molar-refractivity contribution in [2.45, 2.75) is 58.4 Å². The van der Waals surface area contributed by atoms with Crippen LogP contribution in [0.4, 0.5) is 0 Å². The van der Waals surface area contributed by atoms with Gasteiger partial charge in [0, 0.05) is 18.6 Å². The molecule has 2 aliphatic rings. The molecule has 1 saturated carbocycles. The highest BCUT2D eigenvalue weighted by molar-refractivity contribution is 4.87. The molecule has 2 atom stereocenters. The van der Waals surface area contributed by atoms with Crippen LogP contribution in [0.1, 0.15) is 52.4 Å². The van der Waals surface area contributed by atoms with Crippen LogP contribution in [0.2, 0.25) is 0 Å². The smallest absolute Gasteiger partial charge is 0.0510 e. The van der Waals surface area contributed by atoms with Crippen molar-refractivity contribution in [1.29, 1.82) is 0 Å². The zero-order chi connectivity index (χ0) is 12.1. The Morgan fingerprint density at radius 1 is 1.06 bits per heavy atom. The highest BCUT2D eigenvalue weighted by Crippen LogP contribution is 2.36. The third-order valence-electron chi connectivity index (χ3n) is 4.89. The summed E-state index contributed by atoms with van der Waals surface area (Å²) in [6.45, 7) is 7.66. The fourth-order valence-corrected chi connectivity index (χ4v) is 3.75. The van der Waals surface area contributed by atoms with E-state index >= 15 is 0 Å². The number of ether oxygens (including phenoxy) is 1. The highest BCUT2D eigenvalue weighted by Gasteiger charge is 2.33. The Balaban J connectivity index is 1.87. The van der Waals surface area contributed by atoms with E-state index < -0.39 is 0 Å². The first-order valence-corrected chi connectivity index (χ1v) is 7.66. The molecule has 2 unspecified atom stereocenters. The summed E-state index contributed by atoms with van der Waals surface area (Å²) in [5.74, 6) is 2.69. The molecule has 0 aromatic heterocycles. The summed E-state index contributed by atoms with van der Waals surface area (Å²) in [5, 5.41) is 3.75. The normalized spacial score (nSPS) is 36.0. The van der Waals surface area contributed by atoms with Crippen LogP contribution in [0.15, 0.2) is 0 Å². The standard InChI is InChI=1S/C15H29NO/c1-3-12-5-7-13(8-6-12)15(16-4-2)14-9-10-17-11-14/h12-16H,3-11H2,1-2H3. The lowest BCUT2D eigenvalue weighted by atomic mass is 9.74. The van der Waals surface area contributed by atoms with E-state index in [1.165, 1.54) is 38.5 Å². The third-order valence-corrected chi connectivity index (χ3v) is 4.89. The van der Waals surface area contributed by atoms with Crippen molar-refractivity contribution in [2.75, 3.05) is 19.8 Å². The predicted octanol–water partition coefficient (Wildman–Crippen LogP) is 3.22. The quantitative estimate of drug-likeness (QED) is 0.795. The third kappa shape index (κ3) is 3.45. The van der Waals surface area contributed by atoms with Crippen molar-refractivity contribution in [3.05, 3.63) is 0 Å². The zero-order valence-electron chi connectivity index (χ0n) is 11.6. The summed E-state index contributed by atoms with van der Waals surface area (Å²) in [5.41, 5.74) is 0. The Hall–Kier alpha value is -0.0800. The van der Waals surface area contributed by atoms with Gasteiger partial charge in [-0.2, -0.15) is 0 Å². The Bertz CT molecular complexity index is 205. The van der Waals surface area contributed by atoms with Gasteiger partial charge in [-0.15, -0.1) is 0 Å². The van der Waals surface area contributed by atoms with E-state index in [0.29, 0.717) is 0 Å². The fourth-order valence-electron chi connectivity index (χ4n) is 3.75. The van der Waals surface area contributed by atoms with Gasteiger partial charge >= 0.3 is 0 Å². The Labute approximate surface area is 107 Å². The van der Waals surface area contributed by atoms with Crippen LogP contribution < -0.4 is 5.32 Å². The lowest BCUT2D eigenvalue weighted by Gasteiger charge is -2.36. The van der Waals surface area contributed by atoms with E-state index in [-0.39, 0.29) is 0 Å². The van der Waals surface area contributed by atoms with Gasteiger partial charge in [0.15, 0.2) is 0 Å². The molecule has 2 fully saturated rings. The maximum Gasteiger partial charge on any atom is 0.0510 e. The first-order valence-electron chi connectivity index (χ1n) is 7.66. The Morgan fingerprint density at radius 2 is 1.82 bits per heavy atom. The Morgan fingerprint density at radius 3 is 2.35 bits per heavy atom.